The van der Waals surface area contributed by atoms with Gasteiger partial charge in [0.25, 0.3) is 0 Å². The second-order valence-corrected chi connectivity index (χ2v) is 5.42. The van der Waals surface area contributed by atoms with Crippen molar-refractivity contribution in [2.75, 3.05) is 0 Å². The lowest BCUT2D eigenvalue weighted by molar-refractivity contribution is 0.620. The smallest absolute Gasteiger partial charge is 0.227 e. The highest BCUT2D eigenvalue weighted by Gasteiger charge is 2.11. The van der Waals surface area contributed by atoms with E-state index in [0.29, 0.717) is 5.89 Å². The Labute approximate surface area is 127 Å². The molecule has 0 radical (unpaired) electrons. The largest absolute Gasteiger partial charge is 0.436 e. The fourth-order valence-electron chi connectivity index (χ4n) is 2.98. The van der Waals surface area contributed by atoms with E-state index in [2.05, 4.69) is 34.2 Å². The number of para-hydroxylation sites is 1. The molecule has 0 saturated heterocycles. The Morgan fingerprint density at radius 2 is 1.64 bits per heavy atom. The van der Waals surface area contributed by atoms with E-state index in [-0.39, 0.29) is 1.43 Å². The van der Waals surface area contributed by atoms with Crippen molar-refractivity contribution >= 4 is 32.9 Å². The highest BCUT2D eigenvalue weighted by Crippen LogP contribution is 2.31. The van der Waals surface area contributed by atoms with E-state index in [1.54, 1.807) is 0 Å². The Bertz CT molecular complexity index is 1130. The van der Waals surface area contributed by atoms with Gasteiger partial charge in [-0.05, 0) is 24.3 Å². The van der Waals surface area contributed by atoms with E-state index in [1.165, 1.54) is 10.8 Å². The van der Waals surface area contributed by atoms with E-state index in [4.69, 9.17) is 4.42 Å². The Balaban J connectivity index is 0.00000135. The molecule has 0 aliphatic heterocycles. The summed E-state index contributed by atoms with van der Waals surface area (Å²) < 4.78 is 5.93. The molecule has 0 amide bonds. The number of rotatable bonds is 1. The topological polar surface area (TPSA) is 41.8 Å². The third-order valence-electron chi connectivity index (χ3n) is 4.04. The van der Waals surface area contributed by atoms with Crippen LogP contribution in [0.4, 0.5) is 0 Å². The van der Waals surface area contributed by atoms with E-state index in [0.717, 1.165) is 27.7 Å². The Morgan fingerprint density at radius 3 is 2.55 bits per heavy atom. The average Bonchev–Trinajstić information content (AvgIpc) is 3.14. The Kier molecular flexibility index (Phi) is 2.22. The van der Waals surface area contributed by atoms with Gasteiger partial charge >= 0.3 is 0 Å². The minimum absolute atomic E-state index is 0. The lowest BCUT2D eigenvalue weighted by atomic mass is 10.1. The molecule has 0 atom stereocenters. The molecule has 2 heterocycles. The molecule has 2 aromatic heterocycles. The first-order valence-corrected chi connectivity index (χ1v) is 7.25. The quantitative estimate of drug-likeness (QED) is 0.450. The van der Waals surface area contributed by atoms with Gasteiger partial charge in [-0.1, -0.05) is 36.4 Å². The molecule has 0 aliphatic rings. The Morgan fingerprint density at radius 1 is 0.818 bits per heavy atom. The van der Waals surface area contributed by atoms with Crippen molar-refractivity contribution in [1.82, 2.24) is 9.97 Å². The van der Waals surface area contributed by atoms with Crippen LogP contribution in [-0.2, 0) is 0 Å². The van der Waals surface area contributed by atoms with Crippen molar-refractivity contribution < 1.29 is 5.84 Å². The SMILES string of the molecule is [HH].c1ccc(-c2nc3cc4c(cc3o2)[nH]c2ccccc24)cc1. The van der Waals surface area contributed by atoms with Crippen LogP contribution in [0.25, 0.3) is 44.4 Å². The normalized spacial score (nSPS) is 11.6. The first kappa shape index (κ1) is 11.6. The number of aromatic amines is 1. The minimum Gasteiger partial charge on any atom is -0.436 e. The van der Waals surface area contributed by atoms with Gasteiger partial charge in [-0.2, -0.15) is 0 Å². The van der Waals surface area contributed by atoms with Crippen LogP contribution >= 0.6 is 0 Å². The van der Waals surface area contributed by atoms with Crippen LogP contribution in [0.1, 0.15) is 1.43 Å². The molecule has 5 aromatic rings. The number of H-pyrrole nitrogens is 1. The molecule has 0 fully saturated rings. The van der Waals surface area contributed by atoms with Gasteiger partial charge in [-0.3, -0.25) is 0 Å². The van der Waals surface area contributed by atoms with E-state index in [1.807, 2.05) is 42.5 Å². The fraction of sp³-hybridized carbons (Fsp3) is 0. The van der Waals surface area contributed by atoms with Gasteiger partial charge in [-0.15, -0.1) is 0 Å². The van der Waals surface area contributed by atoms with Crippen LogP contribution in [-0.4, -0.2) is 9.97 Å². The summed E-state index contributed by atoms with van der Waals surface area (Å²) in [6.07, 6.45) is 0. The predicted molar refractivity (Wildman–Crippen MR) is 90.9 cm³/mol. The maximum atomic E-state index is 5.93. The van der Waals surface area contributed by atoms with Crippen molar-refractivity contribution in [3.05, 3.63) is 66.7 Å². The summed E-state index contributed by atoms with van der Waals surface area (Å²) >= 11 is 0. The van der Waals surface area contributed by atoms with Crippen molar-refractivity contribution in [3.8, 4) is 11.5 Å². The molecule has 0 spiro atoms. The standard InChI is InChI=1S/C19H12N2O.H2/c1-2-6-12(7-3-1)19-21-17-10-14-13-8-4-5-9-15(13)20-16(14)11-18(17)22-19;/h1-11,20H;1H. The monoisotopic (exact) mass is 286 g/mol. The summed E-state index contributed by atoms with van der Waals surface area (Å²) in [6.45, 7) is 0. The molecule has 22 heavy (non-hydrogen) atoms. The van der Waals surface area contributed by atoms with Gasteiger partial charge in [0.1, 0.15) is 5.52 Å². The predicted octanol–water partition coefficient (Wildman–Crippen LogP) is 5.38. The summed E-state index contributed by atoms with van der Waals surface area (Å²) in [5.74, 6) is 0.660. The van der Waals surface area contributed by atoms with Crippen LogP contribution in [0.15, 0.2) is 71.1 Å². The number of aromatic nitrogens is 2. The minimum atomic E-state index is 0. The third kappa shape index (κ3) is 1.59. The maximum absolute atomic E-state index is 5.93. The first-order valence-electron chi connectivity index (χ1n) is 7.25. The number of oxazole rings is 1. The maximum Gasteiger partial charge on any atom is 0.227 e. The van der Waals surface area contributed by atoms with Gasteiger partial charge in [0.05, 0.1) is 5.52 Å². The zero-order valence-electron chi connectivity index (χ0n) is 11.7. The highest BCUT2D eigenvalue weighted by molar-refractivity contribution is 6.10. The number of fused-ring (bicyclic) bond motifs is 4. The van der Waals surface area contributed by atoms with Crippen molar-refractivity contribution in [1.29, 1.82) is 0 Å². The van der Waals surface area contributed by atoms with Gasteiger partial charge < -0.3 is 9.40 Å². The van der Waals surface area contributed by atoms with Crippen LogP contribution in [0.5, 0.6) is 0 Å². The lowest BCUT2D eigenvalue weighted by Crippen LogP contribution is -1.74. The van der Waals surface area contributed by atoms with Crippen LogP contribution in [0.2, 0.25) is 0 Å². The fourth-order valence-corrected chi connectivity index (χ4v) is 2.98. The number of hydrogen-bond acceptors (Lipinski definition) is 2. The van der Waals surface area contributed by atoms with Gasteiger partial charge in [0.15, 0.2) is 5.58 Å². The molecule has 1 N–H and O–H groups in total. The molecule has 3 heteroatoms. The molecule has 5 rings (SSSR count). The molecule has 0 saturated carbocycles. The average molecular weight is 286 g/mol. The number of benzene rings is 3. The molecular weight excluding hydrogens is 272 g/mol. The summed E-state index contributed by atoms with van der Waals surface area (Å²) in [5.41, 5.74) is 4.89. The van der Waals surface area contributed by atoms with Crippen molar-refractivity contribution in [3.63, 3.8) is 0 Å². The molecular formula is C19H14N2O. The molecule has 3 aromatic carbocycles. The van der Waals surface area contributed by atoms with Crippen molar-refractivity contribution in [2.24, 2.45) is 0 Å². The number of nitrogens with one attached hydrogen (secondary N) is 1. The van der Waals surface area contributed by atoms with E-state index < -0.39 is 0 Å². The third-order valence-corrected chi connectivity index (χ3v) is 4.04. The summed E-state index contributed by atoms with van der Waals surface area (Å²) in [7, 11) is 0. The van der Waals surface area contributed by atoms with Crippen LogP contribution in [0, 0.1) is 0 Å². The summed E-state index contributed by atoms with van der Waals surface area (Å²) in [5, 5.41) is 2.39. The number of nitrogens with zero attached hydrogens (tertiary/aromatic N) is 1. The molecule has 0 unspecified atom stereocenters. The zero-order valence-corrected chi connectivity index (χ0v) is 11.7. The first-order chi connectivity index (χ1) is 10.9. The van der Waals surface area contributed by atoms with Gasteiger partial charge in [0, 0.05) is 29.3 Å². The molecule has 3 nitrogen and oxygen atoms in total. The summed E-state index contributed by atoms with van der Waals surface area (Å²) in [6, 6.07) is 22.4. The van der Waals surface area contributed by atoms with Crippen molar-refractivity contribution in [2.45, 2.75) is 0 Å². The van der Waals surface area contributed by atoms with Gasteiger partial charge in [-0.25, -0.2) is 4.98 Å². The lowest BCUT2D eigenvalue weighted by Gasteiger charge is -1.91. The second kappa shape index (κ2) is 4.21. The molecule has 0 bridgehead atoms. The summed E-state index contributed by atoms with van der Waals surface area (Å²) in [4.78, 5) is 8.07. The van der Waals surface area contributed by atoms with Crippen LogP contribution in [0.3, 0.4) is 0 Å². The van der Waals surface area contributed by atoms with Crippen LogP contribution < -0.4 is 0 Å². The zero-order chi connectivity index (χ0) is 14.5. The van der Waals surface area contributed by atoms with E-state index >= 15 is 0 Å². The molecule has 106 valence electrons. The molecule has 0 aliphatic carbocycles. The second-order valence-electron chi connectivity index (χ2n) is 5.42. The van der Waals surface area contributed by atoms with E-state index in [9.17, 15) is 0 Å². The number of hydrogen-bond donors (Lipinski definition) is 1. The van der Waals surface area contributed by atoms with Gasteiger partial charge in [0.2, 0.25) is 5.89 Å². The Hall–Kier alpha value is -3.07. The highest BCUT2D eigenvalue weighted by atomic mass is 16.3.